The third kappa shape index (κ3) is 4.05. The molecule has 0 unspecified atom stereocenters. The zero-order chi connectivity index (χ0) is 14.7. The molecule has 0 aliphatic carbocycles. The van der Waals surface area contributed by atoms with Crippen LogP contribution in [0.25, 0.3) is 0 Å². The lowest BCUT2D eigenvalue weighted by molar-refractivity contribution is 0.0868. The van der Waals surface area contributed by atoms with Gasteiger partial charge in [0, 0.05) is 24.7 Å². The van der Waals surface area contributed by atoms with Crippen molar-refractivity contribution in [3.05, 3.63) is 16.6 Å². The molecule has 4 heteroatoms. The number of rotatable bonds is 5. The molecule has 1 aromatic rings. The maximum absolute atomic E-state index is 4.46. The fourth-order valence-corrected chi connectivity index (χ4v) is 4.62. The van der Waals surface area contributed by atoms with Crippen molar-refractivity contribution < 1.29 is 0 Å². The molecule has 0 aromatic carbocycles. The van der Waals surface area contributed by atoms with Crippen molar-refractivity contribution in [1.29, 1.82) is 0 Å². The highest BCUT2D eigenvalue weighted by Gasteiger charge is 2.41. The minimum atomic E-state index is 0.576. The van der Waals surface area contributed by atoms with E-state index in [1.165, 1.54) is 63.4 Å². The first-order valence-corrected chi connectivity index (χ1v) is 9.36. The fourth-order valence-electron chi connectivity index (χ4n) is 3.96. The second kappa shape index (κ2) is 6.76. The lowest BCUT2D eigenvalue weighted by Crippen LogP contribution is -2.44. The van der Waals surface area contributed by atoms with Gasteiger partial charge in [0.05, 0.1) is 6.54 Å². The molecule has 0 saturated carbocycles. The van der Waals surface area contributed by atoms with Crippen LogP contribution in [0.15, 0.2) is 11.6 Å². The van der Waals surface area contributed by atoms with E-state index in [-0.39, 0.29) is 0 Å². The van der Waals surface area contributed by atoms with E-state index >= 15 is 0 Å². The summed E-state index contributed by atoms with van der Waals surface area (Å²) < 4.78 is 0. The summed E-state index contributed by atoms with van der Waals surface area (Å²) in [5, 5.41) is 3.37. The van der Waals surface area contributed by atoms with Crippen LogP contribution in [-0.4, -0.2) is 47.5 Å². The minimum Gasteiger partial charge on any atom is -0.303 e. The SMILES string of the molecule is CC(C)CCN1CC[C@]2(CCCN(Cc3nccs3)C2)C1. The Morgan fingerprint density at radius 1 is 1.24 bits per heavy atom. The first-order valence-electron chi connectivity index (χ1n) is 8.48. The van der Waals surface area contributed by atoms with Gasteiger partial charge in [0.25, 0.3) is 0 Å². The Labute approximate surface area is 133 Å². The number of nitrogens with zero attached hydrogens (tertiary/aromatic N) is 3. The molecule has 1 atom stereocenters. The van der Waals surface area contributed by atoms with E-state index in [1.54, 1.807) is 11.3 Å². The summed E-state index contributed by atoms with van der Waals surface area (Å²) in [5.41, 5.74) is 0.576. The summed E-state index contributed by atoms with van der Waals surface area (Å²) in [6, 6.07) is 0. The van der Waals surface area contributed by atoms with Gasteiger partial charge in [0.2, 0.25) is 0 Å². The fraction of sp³-hybridized carbons (Fsp3) is 0.824. The molecule has 0 N–H and O–H groups in total. The van der Waals surface area contributed by atoms with Crippen LogP contribution >= 0.6 is 11.3 Å². The molecule has 3 nitrogen and oxygen atoms in total. The summed E-state index contributed by atoms with van der Waals surface area (Å²) in [6.45, 7) is 12.2. The molecule has 1 spiro atoms. The van der Waals surface area contributed by atoms with Crippen LogP contribution in [-0.2, 0) is 6.54 Å². The molecule has 118 valence electrons. The number of likely N-dealkylation sites (tertiary alicyclic amines) is 2. The van der Waals surface area contributed by atoms with Gasteiger partial charge in [-0.05, 0) is 56.7 Å². The van der Waals surface area contributed by atoms with Crippen molar-refractivity contribution in [3.63, 3.8) is 0 Å². The zero-order valence-corrected chi connectivity index (χ0v) is 14.4. The summed E-state index contributed by atoms with van der Waals surface area (Å²) in [6.07, 6.45) is 7.48. The number of piperidine rings is 1. The van der Waals surface area contributed by atoms with E-state index in [1.807, 2.05) is 6.20 Å². The third-order valence-corrected chi connectivity index (χ3v) is 5.89. The molecule has 0 amide bonds. The van der Waals surface area contributed by atoms with Crippen molar-refractivity contribution in [1.82, 2.24) is 14.8 Å². The molecule has 3 heterocycles. The largest absolute Gasteiger partial charge is 0.303 e. The van der Waals surface area contributed by atoms with Gasteiger partial charge in [-0.15, -0.1) is 11.3 Å². The topological polar surface area (TPSA) is 19.4 Å². The van der Waals surface area contributed by atoms with Gasteiger partial charge in [-0.1, -0.05) is 13.8 Å². The third-order valence-electron chi connectivity index (χ3n) is 5.12. The van der Waals surface area contributed by atoms with Gasteiger partial charge in [-0.3, -0.25) is 4.90 Å². The zero-order valence-electron chi connectivity index (χ0n) is 13.6. The van der Waals surface area contributed by atoms with E-state index in [9.17, 15) is 0 Å². The van der Waals surface area contributed by atoms with Crippen molar-refractivity contribution in [2.75, 3.05) is 32.7 Å². The second-order valence-corrected chi connectivity index (χ2v) is 8.43. The van der Waals surface area contributed by atoms with E-state index in [0.717, 1.165) is 12.5 Å². The molecule has 2 fully saturated rings. The quantitative estimate of drug-likeness (QED) is 0.830. The lowest BCUT2D eigenvalue weighted by atomic mass is 9.79. The summed E-state index contributed by atoms with van der Waals surface area (Å²) in [7, 11) is 0. The van der Waals surface area contributed by atoms with E-state index in [4.69, 9.17) is 0 Å². The number of thiazole rings is 1. The molecule has 3 rings (SSSR count). The Kier molecular flexibility index (Phi) is 4.97. The number of hydrogen-bond acceptors (Lipinski definition) is 4. The van der Waals surface area contributed by atoms with Crippen molar-refractivity contribution >= 4 is 11.3 Å². The molecule has 21 heavy (non-hydrogen) atoms. The minimum absolute atomic E-state index is 0.576. The number of aromatic nitrogens is 1. The Morgan fingerprint density at radius 3 is 2.86 bits per heavy atom. The highest BCUT2D eigenvalue weighted by atomic mass is 32.1. The normalized spacial score (nSPS) is 28.0. The Hall–Kier alpha value is -0.450. The molecule has 2 aliphatic rings. The molecule has 0 radical (unpaired) electrons. The molecule has 2 saturated heterocycles. The highest BCUT2D eigenvalue weighted by Crippen LogP contribution is 2.39. The van der Waals surface area contributed by atoms with Gasteiger partial charge >= 0.3 is 0 Å². The predicted octanol–water partition coefficient (Wildman–Crippen LogP) is 3.48. The Bertz CT molecular complexity index is 431. The highest BCUT2D eigenvalue weighted by molar-refractivity contribution is 7.09. The summed E-state index contributed by atoms with van der Waals surface area (Å²) in [4.78, 5) is 9.82. The van der Waals surface area contributed by atoms with Crippen molar-refractivity contribution in [2.24, 2.45) is 11.3 Å². The standard InChI is InChI=1S/C17H29N3S/c1-15(2)4-9-19-10-6-17(13-19)5-3-8-20(14-17)12-16-18-7-11-21-16/h7,11,15H,3-6,8-10,12-14H2,1-2H3/t17-/m1/s1. The van der Waals surface area contributed by atoms with Gasteiger partial charge < -0.3 is 4.90 Å². The van der Waals surface area contributed by atoms with E-state index < -0.39 is 0 Å². The van der Waals surface area contributed by atoms with Crippen molar-refractivity contribution in [3.8, 4) is 0 Å². The smallest absolute Gasteiger partial charge is 0.107 e. The van der Waals surface area contributed by atoms with E-state index in [0.29, 0.717) is 5.41 Å². The first-order chi connectivity index (χ1) is 10.2. The van der Waals surface area contributed by atoms with Crippen LogP contribution in [0.1, 0.15) is 44.5 Å². The lowest BCUT2D eigenvalue weighted by Gasteiger charge is -2.40. The second-order valence-electron chi connectivity index (χ2n) is 7.45. The van der Waals surface area contributed by atoms with Crippen LogP contribution in [0.2, 0.25) is 0 Å². The van der Waals surface area contributed by atoms with Crippen LogP contribution in [0.5, 0.6) is 0 Å². The molecular weight excluding hydrogens is 278 g/mol. The summed E-state index contributed by atoms with van der Waals surface area (Å²) in [5.74, 6) is 0.828. The van der Waals surface area contributed by atoms with Crippen LogP contribution in [0, 0.1) is 11.3 Å². The molecule has 2 aliphatic heterocycles. The average Bonchev–Trinajstić information content (AvgIpc) is 3.07. The molecule has 1 aromatic heterocycles. The monoisotopic (exact) mass is 307 g/mol. The maximum atomic E-state index is 4.46. The number of hydrogen-bond donors (Lipinski definition) is 0. The van der Waals surface area contributed by atoms with Gasteiger partial charge in [0.1, 0.15) is 5.01 Å². The average molecular weight is 308 g/mol. The van der Waals surface area contributed by atoms with Crippen LogP contribution in [0.3, 0.4) is 0 Å². The van der Waals surface area contributed by atoms with Gasteiger partial charge in [0.15, 0.2) is 0 Å². The van der Waals surface area contributed by atoms with Crippen LogP contribution < -0.4 is 0 Å². The van der Waals surface area contributed by atoms with Gasteiger partial charge in [-0.2, -0.15) is 0 Å². The predicted molar refractivity (Wildman–Crippen MR) is 89.6 cm³/mol. The Morgan fingerprint density at radius 2 is 2.10 bits per heavy atom. The summed E-state index contributed by atoms with van der Waals surface area (Å²) >= 11 is 1.80. The Balaban J connectivity index is 1.53. The van der Waals surface area contributed by atoms with E-state index in [2.05, 4.69) is 34.0 Å². The van der Waals surface area contributed by atoms with Crippen molar-refractivity contribution in [2.45, 2.75) is 46.1 Å². The molecule has 0 bridgehead atoms. The molecular formula is C17H29N3S. The first kappa shape index (κ1) is 15.4. The van der Waals surface area contributed by atoms with Crippen LogP contribution in [0.4, 0.5) is 0 Å². The van der Waals surface area contributed by atoms with Gasteiger partial charge in [-0.25, -0.2) is 4.98 Å². The maximum Gasteiger partial charge on any atom is 0.107 e.